The van der Waals surface area contributed by atoms with Gasteiger partial charge in [-0.3, -0.25) is 24.6 Å². The van der Waals surface area contributed by atoms with Crippen LogP contribution in [0.3, 0.4) is 0 Å². The molecule has 0 radical (unpaired) electrons. The van der Waals surface area contributed by atoms with Crippen molar-refractivity contribution in [2.24, 2.45) is 5.73 Å². The predicted molar refractivity (Wildman–Crippen MR) is 106 cm³/mol. The molecule has 3 rings (SSSR count). The van der Waals surface area contributed by atoms with E-state index in [9.17, 15) is 24.5 Å². The van der Waals surface area contributed by atoms with Crippen LogP contribution >= 0.6 is 11.8 Å². The van der Waals surface area contributed by atoms with Gasteiger partial charge >= 0.3 is 6.09 Å². The Morgan fingerprint density at radius 3 is 2.72 bits per heavy atom. The first-order chi connectivity index (χ1) is 13.8. The molecule has 1 heterocycles. The molecule has 150 valence electrons. The van der Waals surface area contributed by atoms with Crippen molar-refractivity contribution >= 4 is 46.7 Å². The fraction of sp³-hybridized carbons (Fsp3) is 0.167. The first kappa shape index (κ1) is 20.1. The van der Waals surface area contributed by atoms with Crippen molar-refractivity contribution < 1.29 is 24.0 Å². The number of nitro benzene ring substituents is 1. The van der Waals surface area contributed by atoms with E-state index in [-0.39, 0.29) is 27.8 Å². The number of carbonyl (C=O) groups excluding carboxylic acids is 3. The molecule has 0 aliphatic carbocycles. The molecule has 10 nitrogen and oxygen atoms in total. The van der Waals surface area contributed by atoms with Crippen LogP contribution in [0.25, 0.3) is 0 Å². The Labute approximate surface area is 169 Å². The van der Waals surface area contributed by atoms with Gasteiger partial charge in [-0.1, -0.05) is 6.07 Å². The van der Waals surface area contributed by atoms with Gasteiger partial charge in [-0.25, -0.2) is 4.79 Å². The van der Waals surface area contributed by atoms with E-state index < -0.39 is 16.9 Å². The first-order valence-corrected chi connectivity index (χ1v) is 9.39. The number of nitrogens with one attached hydrogen (secondary N) is 1. The van der Waals surface area contributed by atoms with E-state index in [1.165, 1.54) is 17.0 Å². The molecule has 29 heavy (non-hydrogen) atoms. The molecule has 2 aromatic carbocycles. The van der Waals surface area contributed by atoms with Crippen LogP contribution in [-0.4, -0.2) is 41.7 Å². The fourth-order valence-corrected chi connectivity index (χ4v) is 3.46. The fourth-order valence-electron chi connectivity index (χ4n) is 2.66. The smallest absolute Gasteiger partial charge is 0.414 e. The van der Waals surface area contributed by atoms with Gasteiger partial charge in [-0.2, -0.15) is 0 Å². The molecule has 0 bridgehead atoms. The van der Waals surface area contributed by atoms with E-state index in [0.717, 1.165) is 17.8 Å². The molecule has 3 amide bonds. The number of thioether (sulfide) groups is 1. The van der Waals surface area contributed by atoms with Crippen LogP contribution in [0, 0.1) is 10.1 Å². The Morgan fingerprint density at radius 1 is 1.28 bits per heavy atom. The molecule has 1 fully saturated rings. The molecule has 0 spiro atoms. The average molecular weight is 416 g/mol. The third kappa shape index (κ3) is 4.82. The van der Waals surface area contributed by atoms with Gasteiger partial charge in [0.15, 0.2) is 0 Å². The number of benzene rings is 2. The van der Waals surface area contributed by atoms with E-state index in [1.54, 1.807) is 24.3 Å². The van der Waals surface area contributed by atoms with Gasteiger partial charge in [0.05, 0.1) is 22.1 Å². The van der Waals surface area contributed by atoms with Gasteiger partial charge in [-0.05, 0) is 30.3 Å². The molecule has 1 aliphatic rings. The third-order valence-corrected chi connectivity index (χ3v) is 5.06. The molecular formula is C18H16N4O6S. The number of cyclic esters (lactones) is 1. The second-order valence-corrected chi connectivity index (χ2v) is 6.97. The van der Waals surface area contributed by atoms with Crippen LogP contribution in [0.15, 0.2) is 47.4 Å². The van der Waals surface area contributed by atoms with E-state index in [0.29, 0.717) is 24.5 Å². The highest BCUT2D eigenvalue weighted by Crippen LogP contribution is 2.30. The number of anilines is 2. The summed E-state index contributed by atoms with van der Waals surface area (Å²) in [5.74, 6) is -1.25. The van der Waals surface area contributed by atoms with Crippen molar-refractivity contribution in [3.8, 4) is 0 Å². The van der Waals surface area contributed by atoms with Crippen LogP contribution < -0.4 is 16.0 Å². The molecule has 1 aliphatic heterocycles. The maximum atomic E-state index is 12.3. The van der Waals surface area contributed by atoms with Crippen molar-refractivity contribution in [1.29, 1.82) is 0 Å². The topological polar surface area (TPSA) is 145 Å². The lowest BCUT2D eigenvalue weighted by atomic mass is 10.2. The van der Waals surface area contributed by atoms with Crippen molar-refractivity contribution in [3.63, 3.8) is 0 Å². The average Bonchev–Trinajstić information content (AvgIpc) is 3.12. The Hall–Kier alpha value is -3.60. The van der Waals surface area contributed by atoms with Crippen LogP contribution in [0.5, 0.6) is 0 Å². The monoisotopic (exact) mass is 416 g/mol. The third-order valence-electron chi connectivity index (χ3n) is 4.00. The summed E-state index contributed by atoms with van der Waals surface area (Å²) in [6.07, 6.45) is -0.448. The number of hydrogen-bond acceptors (Lipinski definition) is 7. The molecule has 2 aromatic rings. The highest BCUT2D eigenvalue weighted by atomic mass is 32.2. The number of nitrogens with two attached hydrogens (primary N) is 1. The molecule has 11 heteroatoms. The van der Waals surface area contributed by atoms with E-state index in [1.807, 2.05) is 0 Å². The zero-order valence-corrected chi connectivity index (χ0v) is 15.8. The second kappa shape index (κ2) is 8.61. The number of hydrogen-bond donors (Lipinski definition) is 2. The summed E-state index contributed by atoms with van der Waals surface area (Å²) in [5, 5.41) is 13.9. The number of nitro groups is 1. The van der Waals surface area contributed by atoms with Gasteiger partial charge in [0.25, 0.3) is 5.69 Å². The van der Waals surface area contributed by atoms with E-state index in [4.69, 9.17) is 10.5 Å². The maximum Gasteiger partial charge on any atom is 0.414 e. The molecule has 0 saturated carbocycles. The molecule has 1 saturated heterocycles. The van der Waals surface area contributed by atoms with Crippen LogP contribution in [0.4, 0.5) is 21.9 Å². The minimum absolute atomic E-state index is 0.0164. The summed E-state index contributed by atoms with van der Waals surface area (Å²) in [4.78, 5) is 47.4. The van der Waals surface area contributed by atoms with Crippen molar-refractivity contribution in [2.75, 3.05) is 29.1 Å². The Morgan fingerprint density at radius 2 is 2.07 bits per heavy atom. The van der Waals surface area contributed by atoms with Crippen LogP contribution in [-0.2, 0) is 9.53 Å². The van der Waals surface area contributed by atoms with E-state index >= 15 is 0 Å². The highest BCUT2D eigenvalue weighted by molar-refractivity contribution is 8.00. The lowest BCUT2D eigenvalue weighted by molar-refractivity contribution is -0.387. The van der Waals surface area contributed by atoms with E-state index in [2.05, 4.69) is 5.32 Å². The second-order valence-electron chi connectivity index (χ2n) is 5.96. The minimum atomic E-state index is -0.774. The van der Waals surface area contributed by atoms with Gasteiger partial charge in [-0.15, -0.1) is 11.8 Å². The summed E-state index contributed by atoms with van der Waals surface area (Å²) in [5.41, 5.74) is 5.93. The number of ether oxygens (including phenoxy) is 1. The van der Waals surface area contributed by atoms with Crippen LogP contribution in [0.2, 0.25) is 0 Å². The number of nitrogens with zero attached hydrogens (tertiary/aromatic N) is 2. The maximum absolute atomic E-state index is 12.3. The standard InChI is InChI=1S/C18H16N4O6S/c19-17(24)11-4-5-15(14(8-11)22(26)27)29-10-16(23)20-12-2-1-3-13(9-12)21-6-7-28-18(21)25/h1-5,8-9H,6-7,10H2,(H2,19,24)(H,20,23). The van der Waals surface area contributed by atoms with Gasteiger partial charge in [0, 0.05) is 23.0 Å². The Balaban J connectivity index is 1.65. The quantitative estimate of drug-likeness (QED) is 0.400. The number of primary amides is 1. The van der Waals surface area contributed by atoms with Gasteiger partial charge in [0.2, 0.25) is 11.8 Å². The lowest BCUT2D eigenvalue weighted by Crippen LogP contribution is -2.23. The zero-order valence-electron chi connectivity index (χ0n) is 15.0. The molecular weight excluding hydrogens is 400 g/mol. The summed E-state index contributed by atoms with van der Waals surface area (Å²) in [6, 6.07) is 10.6. The summed E-state index contributed by atoms with van der Waals surface area (Å²) < 4.78 is 4.89. The molecule has 0 atom stereocenters. The molecule has 0 unspecified atom stereocenters. The Kier molecular flexibility index (Phi) is 5.98. The highest BCUT2D eigenvalue weighted by Gasteiger charge is 2.24. The molecule has 3 N–H and O–H groups in total. The first-order valence-electron chi connectivity index (χ1n) is 8.40. The number of rotatable bonds is 7. The number of amides is 3. The van der Waals surface area contributed by atoms with Crippen molar-refractivity contribution in [3.05, 3.63) is 58.1 Å². The zero-order chi connectivity index (χ0) is 21.0. The van der Waals surface area contributed by atoms with Gasteiger partial charge < -0.3 is 15.8 Å². The minimum Gasteiger partial charge on any atom is -0.447 e. The lowest BCUT2D eigenvalue weighted by Gasteiger charge is -2.14. The largest absolute Gasteiger partial charge is 0.447 e. The summed E-state index contributed by atoms with van der Waals surface area (Å²) in [7, 11) is 0. The van der Waals surface area contributed by atoms with Gasteiger partial charge in [0.1, 0.15) is 6.61 Å². The van der Waals surface area contributed by atoms with Crippen molar-refractivity contribution in [2.45, 2.75) is 4.90 Å². The van der Waals surface area contributed by atoms with Crippen LogP contribution in [0.1, 0.15) is 10.4 Å². The molecule has 0 aromatic heterocycles. The predicted octanol–water partition coefficient (Wildman–Crippen LogP) is 2.38. The Bertz CT molecular complexity index is 996. The number of carbonyl (C=O) groups is 3. The normalized spacial score (nSPS) is 13.1. The summed E-state index contributed by atoms with van der Waals surface area (Å²) in [6.45, 7) is 0.733. The van der Waals surface area contributed by atoms with Crippen molar-refractivity contribution in [1.82, 2.24) is 0 Å². The summed E-state index contributed by atoms with van der Waals surface area (Å²) >= 11 is 0.963. The SMILES string of the molecule is NC(=O)c1ccc(SCC(=O)Nc2cccc(N3CCOC3=O)c2)c([N+](=O)[O-])c1.